The van der Waals surface area contributed by atoms with Crippen LogP contribution in [0.2, 0.25) is 0 Å². The molecule has 1 amide bonds. The summed E-state index contributed by atoms with van der Waals surface area (Å²) in [5.74, 6) is 1.71. The number of carbonyl (C=O) groups is 1. The molecule has 8 heteroatoms. The van der Waals surface area contributed by atoms with Crippen molar-refractivity contribution >= 4 is 17.5 Å². The number of hydrogen-bond acceptors (Lipinski definition) is 4. The van der Waals surface area contributed by atoms with Crippen LogP contribution in [0.3, 0.4) is 0 Å². The molecule has 1 unspecified atom stereocenters. The zero-order chi connectivity index (χ0) is 16.9. The summed E-state index contributed by atoms with van der Waals surface area (Å²) in [6, 6.07) is 5.81. The smallest absolute Gasteiger partial charge is 0.217 e. The Bertz CT molecular complexity index is 739. The highest BCUT2D eigenvalue weighted by Crippen LogP contribution is 2.19. The number of fused-ring (bicyclic) bond motifs is 1. The van der Waals surface area contributed by atoms with E-state index in [0.717, 1.165) is 43.4 Å². The van der Waals surface area contributed by atoms with Crippen molar-refractivity contribution in [3.8, 4) is 0 Å². The maximum Gasteiger partial charge on any atom is 0.217 e. The van der Waals surface area contributed by atoms with E-state index in [1.165, 1.54) is 0 Å². The summed E-state index contributed by atoms with van der Waals surface area (Å²) in [7, 11) is 1.77. The normalized spacial score (nSPS) is 18.8. The molecule has 3 N–H and O–H groups in total. The minimum atomic E-state index is -0.236. The van der Waals surface area contributed by atoms with Gasteiger partial charge in [-0.1, -0.05) is 6.07 Å². The predicted molar refractivity (Wildman–Crippen MR) is 91.3 cm³/mol. The molecule has 1 aliphatic rings. The van der Waals surface area contributed by atoms with E-state index in [1.807, 2.05) is 28.8 Å². The fourth-order valence-corrected chi connectivity index (χ4v) is 3.21. The highest BCUT2D eigenvalue weighted by molar-refractivity contribution is 5.80. The summed E-state index contributed by atoms with van der Waals surface area (Å²) in [5, 5.41) is 11.7. The van der Waals surface area contributed by atoms with Crippen LogP contribution in [0.1, 0.15) is 25.1 Å². The molecule has 3 heterocycles. The van der Waals surface area contributed by atoms with Gasteiger partial charge in [-0.2, -0.15) is 0 Å². The van der Waals surface area contributed by atoms with Crippen molar-refractivity contribution in [1.29, 1.82) is 0 Å². The lowest BCUT2D eigenvalue weighted by Crippen LogP contribution is -2.47. The van der Waals surface area contributed by atoms with Crippen LogP contribution in [0.25, 0.3) is 5.65 Å². The average molecular weight is 329 g/mol. The second kappa shape index (κ2) is 7.29. The van der Waals surface area contributed by atoms with Crippen LogP contribution < -0.4 is 11.1 Å². The number of guanidine groups is 1. The van der Waals surface area contributed by atoms with E-state index in [1.54, 1.807) is 7.05 Å². The molecule has 0 aromatic carbocycles. The standard InChI is InChI=1S/C16H23N7O/c1-18-16(22-7-4-5-12(11-22)9-13(17)24)19-10-15-21-20-14-6-2-3-8-23(14)15/h2-3,6,8,12H,4-5,7,9-11H2,1H3,(H2,17,24)(H,18,19). The lowest BCUT2D eigenvalue weighted by Gasteiger charge is -2.34. The second-order valence-corrected chi connectivity index (χ2v) is 6.07. The SMILES string of the molecule is CN=C(NCc1nnc2ccccn12)N1CCCC(CC(N)=O)C1. The van der Waals surface area contributed by atoms with E-state index < -0.39 is 0 Å². The molecule has 128 valence electrons. The summed E-state index contributed by atoms with van der Waals surface area (Å²) >= 11 is 0. The van der Waals surface area contributed by atoms with Crippen molar-refractivity contribution in [2.75, 3.05) is 20.1 Å². The Balaban J connectivity index is 1.63. The van der Waals surface area contributed by atoms with Crippen LogP contribution in [-0.4, -0.2) is 51.5 Å². The zero-order valence-corrected chi connectivity index (χ0v) is 13.9. The third kappa shape index (κ3) is 3.64. The van der Waals surface area contributed by atoms with E-state index in [0.29, 0.717) is 18.9 Å². The highest BCUT2D eigenvalue weighted by Gasteiger charge is 2.23. The Morgan fingerprint density at radius 3 is 3.12 bits per heavy atom. The highest BCUT2D eigenvalue weighted by atomic mass is 16.1. The number of nitrogens with two attached hydrogens (primary N) is 1. The minimum Gasteiger partial charge on any atom is -0.370 e. The molecule has 1 fully saturated rings. The Morgan fingerprint density at radius 2 is 2.33 bits per heavy atom. The molecule has 24 heavy (non-hydrogen) atoms. The van der Waals surface area contributed by atoms with E-state index in [-0.39, 0.29) is 5.91 Å². The quantitative estimate of drug-likeness (QED) is 0.624. The van der Waals surface area contributed by atoms with E-state index >= 15 is 0 Å². The third-order valence-corrected chi connectivity index (χ3v) is 4.31. The number of pyridine rings is 1. The van der Waals surface area contributed by atoms with Gasteiger partial charge >= 0.3 is 0 Å². The topological polar surface area (TPSA) is 101 Å². The fraction of sp³-hybridized carbons (Fsp3) is 0.500. The zero-order valence-electron chi connectivity index (χ0n) is 13.9. The van der Waals surface area contributed by atoms with Gasteiger partial charge in [-0.05, 0) is 30.9 Å². The van der Waals surface area contributed by atoms with Gasteiger partial charge in [-0.25, -0.2) is 0 Å². The molecule has 2 aromatic rings. The van der Waals surface area contributed by atoms with Crippen molar-refractivity contribution in [1.82, 2.24) is 24.8 Å². The predicted octanol–water partition coefficient (Wildman–Crippen LogP) is 0.392. The van der Waals surface area contributed by atoms with Crippen LogP contribution in [0, 0.1) is 5.92 Å². The summed E-state index contributed by atoms with van der Waals surface area (Å²) in [5.41, 5.74) is 6.15. The first-order valence-corrected chi connectivity index (χ1v) is 8.20. The third-order valence-electron chi connectivity index (χ3n) is 4.31. The van der Waals surface area contributed by atoms with Crippen molar-refractivity contribution in [2.45, 2.75) is 25.8 Å². The van der Waals surface area contributed by atoms with Gasteiger partial charge in [-0.15, -0.1) is 10.2 Å². The van der Waals surface area contributed by atoms with Gasteiger partial charge in [0, 0.05) is 32.8 Å². The van der Waals surface area contributed by atoms with Crippen LogP contribution in [0.5, 0.6) is 0 Å². The van der Waals surface area contributed by atoms with Gasteiger partial charge in [-0.3, -0.25) is 14.2 Å². The van der Waals surface area contributed by atoms with Crippen LogP contribution in [-0.2, 0) is 11.3 Å². The molecular formula is C16H23N7O. The van der Waals surface area contributed by atoms with Gasteiger partial charge in [0.05, 0.1) is 6.54 Å². The fourth-order valence-electron chi connectivity index (χ4n) is 3.21. The van der Waals surface area contributed by atoms with E-state index in [9.17, 15) is 4.79 Å². The molecule has 0 aliphatic carbocycles. The number of nitrogens with zero attached hydrogens (tertiary/aromatic N) is 5. The van der Waals surface area contributed by atoms with Crippen LogP contribution >= 0.6 is 0 Å². The monoisotopic (exact) mass is 329 g/mol. The Labute approximate surface area is 140 Å². The van der Waals surface area contributed by atoms with Crippen LogP contribution in [0.15, 0.2) is 29.4 Å². The number of aliphatic imine (C=N–C) groups is 1. The minimum absolute atomic E-state index is 0.236. The first kappa shape index (κ1) is 16.2. The lowest BCUT2D eigenvalue weighted by molar-refractivity contribution is -0.119. The van der Waals surface area contributed by atoms with Gasteiger partial charge in [0.2, 0.25) is 5.91 Å². The number of nitrogens with one attached hydrogen (secondary N) is 1. The maximum atomic E-state index is 11.2. The van der Waals surface area contributed by atoms with E-state index in [2.05, 4.69) is 25.4 Å². The van der Waals surface area contributed by atoms with Crippen molar-refractivity contribution in [3.63, 3.8) is 0 Å². The number of aromatic nitrogens is 3. The molecule has 0 bridgehead atoms. The van der Waals surface area contributed by atoms with Gasteiger partial charge in [0.1, 0.15) is 0 Å². The molecule has 0 spiro atoms. The molecule has 0 saturated carbocycles. The Hall–Kier alpha value is -2.64. The lowest BCUT2D eigenvalue weighted by atomic mass is 9.95. The first-order valence-electron chi connectivity index (χ1n) is 8.20. The van der Waals surface area contributed by atoms with Crippen LogP contribution in [0.4, 0.5) is 0 Å². The molecule has 2 aromatic heterocycles. The maximum absolute atomic E-state index is 11.2. The van der Waals surface area contributed by atoms with Gasteiger partial charge in [0.15, 0.2) is 17.4 Å². The summed E-state index contributed by atoms with van der Waals surface area (Å²) in [6.45, 7) is 2.26. The second-order valence-electron chi connectivity index (χ2n) is 6.07. The summed E-state index contributed by atoms with van der Waals surface area (Å²) in [6.07, 6.45) is 4.44. The first-order chi connectivity index (χ1) is 11.7. The summed E-state index contributed by atoms with van der Waals surface area (Å²) < 4.78 is 1.95. The number of carbonyl (C=O) groups excluding carboxylic acids is 1. The molecule has 8 nitrogen and oxygen atoms in total. The molecule has 1 aliphatic heterocycles. The average Bonchev–Trinajstić information content (AvgIpc) is 2.99. The largest absolute Gasteiger partial charge is 0.370 e. The number of rotatable bonds is 4. The van der Waals surface area contributed by atoms with E-state index in [4.69, 9.17) is 5.73 Å². The van der Waals surface area contributed by atoms with Gasteiger partial charge < -0.3 is 16.0 Å². The number of hydrogen-bond donors (Lipinski definition) is 2. The molecule has 0 radical (unpaired) electrons. The van der Waals surface area contributed by atoms with Crippen molar-refractivity contribution in [3.05, 3.63) is 30.2 Å². The molecule has 1 atom stereocenters. The molecular weight excluding hydrogens is 306 g/mol. The van der Waals surface area contributed by atoms with Crippen molar-refractivity contribution in [2.24, 2.45) is 16.6 Å². The Morgan fingerprint density at radius 1 is 1.46 bits per heavy atom. The number of piperidine rings is 1. The number of amides is 1. The molecule has 1 saturated heterocycles. The summed E-state index contributed by atoms with van der Waals surface area (Å²) in [4.78, 5) is 17.7. The number of primary amides is 1. The van der Waals surface area contributed by atoms with Gasteiger partial charge in [0.25, 0.3) is 0 Å². The number of likely N-dealkylation sites (tertiary alicyclic amines) is 1. The molecule has 3 rings (SSSR count). The van der Waals surface area contributed by atoms with Crippen molar-refractivity contribution < 1.29 is 4.79 Å². The Kier molecular flexibility index (Phi) is 4.93.